The van der Waals surface area contributed by atoms with Crippen molar-refractivity contribution >= 4 is 11.6 Å². The summed E-state index contributed by atoms with van der Waals surface area (Å²) in [6, 6.07) is 5.27. The van der Waals surface area contributed by atoms with Crippen LogP contribution >= 0.6 is 0 Å². The van der Waals surface area contributed by atoms with Gasteiger partial charge in [-0.15, -0.1) is 0 Å². The van der Waals surface area contributed by atoms with Gasteiger partial charge >= 0.3 is 0 Å². The third-order valence-corrected chi connectivity index (χ3v) is 4.36. The third kappa shape index (κ3) is 2.65. The number of aromatic nitrogens is 4. The van der Waals surface area contributed by atoms with Crippen LogP contribution < -0.4 is 0 Å². The molecule has 24 heavy (non-hydrogen) atoms. The maximum Gasteiger partial charge on any atom is 0.254 e. The van der Waals surface area contributed by atoms with Gasteiger partial charge in [0.2, 0.25) is 0 Å². The zero-order valence-corrected chi connectivity index (χ0v) is 13.2. The summed E-state index contributed by atoms with van der Waals surface area (Å²) in [5, 5.41) is 18.2. The lowest BCUT2D eigenvalue weighted by molar-refractivity contribution is 0.0764. The van der Waals surface area contributed by atoms with Crippen LogP contribution in [0.3, 0.4) is 0 Å². The molecule has 1 amide bonds. The van der Waals surface area contributed by atoms with Crippen molar-refractivity contribution in [2.24, 2.45) is 5.92 Å². The first-order valence-electron chi connectivity index (χ1n) is 7.79. The summed E-state index contributed by atoms with van der Waals surface area (Å²) >= 11 is 0. The van der Waals surface area contributed by atoms with E-state index in [0.29, 0.717) is 30.7 Å². The molecule has 1 N–H and O–H groups in total. The van der Waals surface area contributed by atoms with Gasteiger partial charge in [0, 0.05) is 43.3 Å². The summed E-state index contributed by atoms with van der Waals surface area (Å²) in [4.78, 5) is 18.4. The minimum absolute atomic E-state index is 0.0573. The minimum Gasteiger partial charge on any atom is -0.391 e. The Bertz CT molecular complexity index is 887. The summed E-state index contributed by atoms with van der Waals surface area (Å²) < 4.78 is 6.81. The van der Waals surface area contributed by atoms with Gasteiger partial charge in [-0.1, -0.05) is 5.16 Å². The molecule has 1 fully saturated rings. The van der Waals surface area contributed by atoms with Gasteiger partial charge in [-0.3, -0.25) is 4.79 Å². The molecule has 0 unspecified atom stereocenters. The first kappa shape index (κ1) is 14.8. The Morgan fingerprint density at radius 2 is 2.29 bits per heavy atom. The molecule has 3 aromatic heterocycles. The van der Waals surface area contributed by atoms with Gasteiger partial charge in [-0.2, -0.15) is 5.10 Å². The number of hydrogen-bond acceptors (Lipinski definition) is 6. The van der Waals surface area contributed by atoms with Crippen molar-refractivity contribution in [1.82, 2.24) is 24.7 Å². The number of nitrogens with zero attached hydrogens (tertiary/aromatic N) is 5. The molecule has 1 aliphatic heterocycles. The second kappa shape index (κ2) is 5.72. The fourth-order valence-corrected chi connectivity index (χ4v) is 3.12. The second-order valence-corrected chi connectivity index (χ2v) is 6.15. The van der Waals surface area contributed by atoms with E-state index in [4.69, 9.17) is 4.52 Å². The van der Waals surface area contributed by atoms with E-state index in [1.807, 2.05) is 13.0 Å². The topological polar surface area (TPSA) is 96.8 Å². The van der Waals surface area contributed by atoms with E-state index in [1.165, 1.54) is 6.33 Å². The first-order chi connectivity index (χ1) is 11.6. The van der Waals surface area contributed by atoms with Gasteiger partial charge < -0.3 is 14.5 Å². The lowest BCUT2D eigenvalue weighted by atomic mass is 10.0. The Balaban J connectivity index is 1.49. The summed E-state index contributed by atoms with van der Waals surface area (Å²) in [6.45, 7) is 2.65. The molecule has 0 aliphatic carbocycles. The molecule has 0 spiro atoms. The van der Waals surface area contributed by atoms with E-state index in [2.05, 4.69) is 15.2 Å². The number of carbonyl (C=O) groups excluding carboxylic acids is 1. The first-order valence-corrected chi connectivity index (χ1v) is 7.79. The van der Waals surface area contributed by atoms with Crippen molar-refractivity contribution in [1.29, 1.82) is 0 Å². The van der Waals surface area contributed by atoms with Crippen LogP contribution in [0.2, 0.25) is 0 Å². The lowest BCUT2D eigenvalue weighted by Gasteiger charge is -2.15. The fourth-order valence-electron chi connectivity index (χ4n) is 3.12. The van der Waals surface area contributed by atoms with Crippen molar-refractivity contribution in [3.05, 3.63) is 47.7 Å². The van der Waals surface area contributed by atoms with Crippen molar-refractivity contribution in [2.45, 2.75) is 19.4 Å². The second-order valence-electron chi connectivity index (χ2n) is 6.15. The number of aliphatic hydroxyl groups is 1. The lowest BCUT2D eigenvalue weighted by Crippen LogP contribution is -2.29. The fraction of sp³-hybridized carbons (Fsp3) is 0.375. The maximum absolute atomic E-state index is 12.7. The van der Waals surface area contributed by atoms with Crippen LogP contribution in [0.25, 0.3) is 5.65 Å². The summed E-state index contributed by atoms with van der Waals surface area (Å²) in [5.41, 5.74) is 1.97. The molecular weight excluding hydrogens is 310 g/mol. The van der Waals surface area contributed by atoms with Crippen LogP contribution in [-0.2, 0) is 6.42 Å². The number of rotatable bonds is 3. The Hall–Kier alpha value is -2.74. The van der Waals surface area contributed by atoms with E-state index in [-0.39, 0.29) is 11.8 Å². The van der Waals surface area contributed by atoms with Crippen LogP contribution in [0, 0.1) is 12.8 Å². The Morgan fingerprint density at radius 3 is 3.08 bits per heavy atom. The molecule has 8 heteroatoms. The number of aryl methyl sites for hydroxylation is 1. The quantitative estimate of drug-likeness (QED) is 0.761. The van der Waals surface area contributed by atoms with Gasteiger partial charge in [0.25, 0.3) is 5.91 Å². The highest BCUT2D eigenvalue weighted by molar-refractivity contribution is 5.95. The van der Waals surface area contributed by atoms with Gasteiger partial charge in [0.1, 0.15) is 12.1 Å². The normalized spacial score (nSPS) is 20.8. The number of pyridine rings is 1. The highest BCUT2D eigenvalue weighted by atomic mass is 16.5. The van der Waals surface area contributed by atoms with E-state index in [1.54, 1.807) is 27.7 Å². The van der Waals surface area contributed by atoms with Crippen LogP contribution in [0.15, 0.2) is 35.2 Å². The molecule has 4 rings (SSSR count). The summed E-state index contributed by atoms with van der Waals surface area (Å²) in [6.07, 6.45) is 3.14. The molecule has 0 radical (unpaired) electrons. The standard InChI is InChI=1S/C16H17N5O3/c1-10-4-13(24-19-10)5-12-7-20(8-14(12)22)16(23)11-2-3-21-15(6-11)17-9-18-21/h2-4,6,9,12,14,22H,5,7-8H2,1H3/t12-,14-/m1/s1. The Morgan fingerprint density at radius 1 is 1.42 bits per heavy atom. The molecule has 4 heterocycles. The molecule has 8 nitrogen and oxygen atoms in total. The molecule has 3 aromatic rings. The number of amides is 1. The summed E-state index contributed by atoms with van der Waals surface area (Å²) in [5.74, 6) is 0.560. The van der Waals surface area contributed by atoms with Crippen LogP contribution in [0.5, 0.6) is 0 Å². The zero-order chi connectivity index (χ0) is 16.7. The molecule has 124 valence electrons. The minimum atomic E-state index is -0.573. The predicted octanol–water partition coefficient (Wildman–Crippen LogP) is 0.701. The van der Waals surface area contributed by atoms with Crippen LogP contribution in [-0.4, -0.2) is 54.9 Å². The van der Waals surface area contributed by atoms with Crippen molar-refractivity contribution in [2.75, 3.05) is 13.1 Å². The molecule has 0 saturated carbocycles. The maximum atomic E-state index is 12.7. The number of likely N-dealkylation sites (tertiary alicyclic amines) is 1. The van der Waals surface area contributed by atoms with E-state index >= 15 is 0 Å². The number of β-amino-alcohol motifs (C(OH)–C–C–N with tert-alkyl or cyclic N) is 1. The van der Waals surface area contributed by atoms with Crippen LogP contribution in [0.1, 0.15) is 21.8 Å². The van der Waals surface area contributed by atoms with Gasteiger partial charge in [-0.25, -0.2) is 9.50 Å². The van der Waals surface area contributed by atoms with E-state index in [9.17, 15) is 9.90 Å². The van der Waals surface area contributed by atoms with Crippen LogP contribution in [0.4, 0.5) is 0 Å². The SMILES string of the molecule is Cc1cc(C[C@@H]2CN(C(=O)c3ccn4ncnc4c3)C[C@H]2O)on1. The highest BCUT2D eigenvalue weighted by Crippen LogP contribution is 2.23. The van der Waals surface area contributed by atoms with E-state index in [0.717, 1.165) is 11.5 Å². The molecule has 0 bridgehead atoms. The van der Waals surface area contributed by atoms with Gasteiger partial charge in [0.05, 0.1) is 11.8 Å². The molecule has 2 atom stereocenters. The Labute approximate surface area is 137 Å². The van der Waals surface area contributed by atoms with Crippen molar-refractivity contribution < 1.29 is 14.4 Å². The molecular formula is C16H17N5O3. The van der Waals surface area contributed by atoms with Crippen molar-refractivity contribution in [3.8, 4) is 0 Å². The average molecular weight is 327 g/mol. The summed E-state index contributed by atoms with van der Waals surface area (Å²) in [7, 11) is 0. The number of aliphatic hydroxyl groups excluding tert-OH is 1. The monoisotopic (exact) mass is 327 g/mol. The molecule has 0 aromatic carbocycles. The molecule has 1 saturated heterocycles. The number of fused-ring (bicyclic) bond motifs is 1. The third-order valence-electron chi connectivity index (χ3n) is 4.36. The highest BCUT2D eigenvalue weighted by Gasteiger charge is 2.35. The Kier molecular flexibility index (Phi) is 3.53. The number of hydrogen-bond donors (Lipinski definition) is 1. The van der Waals surface area contributed by atoms with Gasteiger partial charge in [-0.05, 0) is 19.1 Å². The predicted molar refractivity (Wildman–Crippen MR) is 83.3 cm³/mol. The number of carbonyl (C=O) groups is 1. The van der Waals surface area contributed by atoms with E-state index < -0.39 is 6.10 Å². The smallest absolute Gasteiger partial charge is 0.254 e. The molecule has 1 aliphatic rings. The average Bonchev–Trinajstić information content (AvgIpc) is 3.27. The zero-order valence-electron chi connectivity index (χ0n) is 13.2. The van der Waals surface area contributed by atoms with Crippen molar-refractivity contribution in [3.63, 3.8) is 0 Å². The largest absolute Gasteiger partial charge is 0.391 e. The van der Waals surface area contributed by atoms with Gasteiger partial charge in [0.15, 0.2) is 5.65 Å².